The van der Waals surface area contributed by atoms with Gasteiger partial charge in [-0.1, -0.05) is 24.3 Å². The Bertz CT molecular complexity index is 405. The highest BCUT2D eigenvalue weighted by atomic mass is 19.1. The number of nitro groups is 1. The molecule has 0 unspecified atom stereocenters. The summed E-state index contributed by atoms with van der Waals surface area (Å²) in [5.74, 6) is -0.784. The third kappa shape index (κ3) is 3.13. The molecule has 1 rings (SSSR count). The van der Waals surface area contributed by atoms with E-state index in [4.69, 9.17) is 0 Å². The SMILES string of the molecule is CNCCC=Cc1cccc([N+](=O)[O-])c1F. The van der Waals surface area contributed by atoms with Gasteiger partial charge in [0, 0.05) is 11.6 Å². The van der Waals surface area contributed by atoms with Crippen LogP contribution in [0.5, 0.6) is 0 Å². The van der Waals surface area contributed by atoms with Crippen LogP contribution < -0.4 is 5.32 Å². The lowest BCUT2D eigenvalue weighted by Crippen LogP contribution is -2.05. The minimum absolute atomic E-state index is 0.241. The van der Waals surface area contributed by atoms with Crippen molar-refractivity contribution in [2.75, 3.05) is 13.6 Å². The molecular formula is C11H13FN2O2. The molecule has 0 aromatic heterocycles. The molecule has 0 bridgehead atoms. The summed E-state index contributed by atoms with van der Waals surface area (Å²) < 4.78 is 13.5. The van der Waals surface area contributed by atoms with Gasteiger partial charge in [-0.25, -0.2) is 0 Å². The maximum atomic E-state index is 13.5. The van der Waals surface area contributed by atoms with Crippen LogP contribution in [0, 0.1) is 15.9 Å². The van der Waals surface area contributed by atoms with E-state index in [9.17, 15) is 14.5 Å². The smallest absolute Gasteiger partial charge is 0.305 e. The first-order valence-corrected chi connectivity index (χ1v) is 4.91. The van der Waals surface area contributed by atoms with Crippen LogP contribution in [0.15, 0.2) is 24.3 Å². The van der Waals surface area contributed by atoms with Crippen molar-refractivity contribution in [2.24, 2.45) is 0 Å². The summed E-state index contributed by atoms with van der Waals surface area (Å²) >= 11 is 0. The molecule has 0 aliphatic heterocycles. The molecule has 0 atom stereocenters. The zero-order valence-corrected chi connectivity index (χ0v) is 8.94. The van der Waals surface area contributed by atoms with Crippen molar-refractivity contribution in [3.63, 3.8) is 0 Å². The maximum Gasteiger partial charge on any atom is 0.305 e. The second kappa shape index (κ2) is 5.97. The van der Waals surface area contributed by atoms with E-state index in [1.54, 1.807) is 12.2 Å². The number of rotatable bonds is 5. The Morgan fingerprint density at radius 1 is 1.56 bits per heavy atom. The molecule has 0 aliphatic rings. The Morgan fingerprint density at radius 3 is 2.94 bits per heavy atom. The predicted molar refractivity (Wildman–Crippen MR) is 60.6 cm³/mol. The van der Waals surface area contributed by atoms with Crippen molar-refractivity contribution in [3.8, 4) is 0 Å². The first-order chi connectivity index (χ1) is 7.66. The minimum Gasteiger partial charge on any atom is -0.319 e. The first kappa shape index (κ1) is 12.3. The third-order valence-corrected chi connectivity index (χ3v) is 2.06. The highest BCUT2D eigenvalue weighted by Crippen LogP contribution is 2.21. The normalized spacial score (nSPS) is 10.9. The average molecular weight is 224 g/mol. The van der Waals surface area contributed by atoms with Crippen LogP contribution >= 0.6 is 0 Å². The van der Waals surface area contributed by atoms with Crippen molar-refractivity contribution in [1.29, 1.82) is 0 Å². The van der Waals surface area contributed by atoms with E-state index >= 15 is 0 Å². The van der Waals surface area contributed by atoms with E-state index < -0.39 is 16.4 Å². The number of hydrogen-bond acceptors (Lipinski definition) is 3. The third-order valence-electron chi connectivity index (χ3n) is 2.06. The molecule has 0 aliphatic carbocycles. The number of nitro benzene ring substituents is 1. The maximum absolute atomic E-state index is 13.5. The minimum atomic E-state index is -0.784. The zero-order chi connectivity index (χ0) is 12.0. The van der Waals surface area contributed by atoms with Crippen LogP contribution in [-0.4, -0.2) is 18.5 Å². The molecule has 0 saturated carbocycles. The molecule has 1 aromatic rings. The largest absolute Gasteiger partial charge is 0.319 e. The monoisotopic (exact) mass is 224 g/mol. The Hall–Kier alpha value is -1.75. The van der Waals surface area contributed by atoms with Gasteiger partial charge in [0.05, 0.1) is 4.92 Å². The van der Waals surface area contributed by atoms with Gasteiger partial charge in [0.25, 0.3) is 0 Å². The summed E-state index contributed by atoms with van der Waals surface area (Å²) in [6.45, 7) is 0.785. The molecule has 0 amide bonds. The van der Waals surface area contributed by atoms with E-state index in [1.165, 1.54) is 12.1 Å². The molecule has 0 saturated heterocycles. The molecule has 0 fully saturated rings. The van der Waals surface area contributed by atoms with Crippen LogP contribution in [-0.2, 0) is 0 Å². The fourth-order valence-corrected chi connectivity index (χ4v) is 1.24. The second-order valence-corrected chi connectivity index (χ2v) is 3.23. The lowest BCUT2D eigenvalue weighted by atomic mass is 10.1. The summed E-state index contributed by atoms with van der Waals surface area (Å²) in [6, 6.07) is 4.14. The fourth-order valence-electron chi connectivity index (χ4n) is 1.24. The van der Waals surface area contributed by atoms with Gasteiger partial charge in [0.2, 0.25) is 5.82 Å². The van der Waals surface area contributed by atoms with Crippen LogP contribution in [0.1, 0.15) is 12.0 Å². The summed E-state index contributed by atoms with van der Waals surface area (Å²) in [5, 5.41) is 13.4. The molecule has 0 heterocycles. The van der Waals surface area contributed by atoms with E-state index in [-0.39, 0.29) is 5.56 Å². The number of hydrogen-bond donors (Lipinski definition) is 1. The van der Waals surface area contributed by atoms with Gasteiger partial charge in [-0.3, -0.25) is 10.1 Å². The molecule has 86 valence electrons. The molecule has 1 N–H and O–H groups in total. The molecule has 16 heavy (non-hydrogen) atoms. The van der Waals surface area contributed by atoms with Gasteiger partial charge in [-0.15, -0.1) is 0 Å². The second-order valence-electron chi connectivity index (χ2n) is 3.23. The Kier molecular flexibility index (Phi) is 4.60. The van der Waals surface area contributed by atoms with E-state index in [1.807, 2.05) is 7.05 Å². The number of benzene rings is 1. The van der Waals surface area contributed by atoms with E-state index in [0.717, 1.165) is 19.0 Å². The predicted octanol–water partition coefficient (Wildman–Crippen LogP) is 2.36. The van der Waals surface area contributed by atoms with Crippen molar-refractivity contribution < 1.29 is 9.31 Å². The van der Waals surface area contributed by atoms with Gasteiger partial charge < -0.3 is 5.32 Å². The molecule has 5 heteroatoms. The summed E-state index contributed by atoms with van der Waals surface area (Å²) in [7, 11) is 1.82. The lowest BCUT2D eigenvalue weighted by Gasteiger charge is -1.98. The van der Waals surface area contributed by atoms with Gasteiger partial charge in [0.1, 0.15) is 0 Å². The topological polar surface area (TPSA) is 55.2 Å². The quantitative estimate of drug-likeness (QED) is 0.474. The molecule has 1 aromatic carbocycles. The Labute approximate surface area is 92.9 Å². The Balaban J connectivity index is 2.85. The lowest BCUT2D eigenvalue weighted by molar-refractivity contribution is -0.387. The summed E-state index contributed by atoms with van der Waals surface area (Å²) in [5.41, 5.74) is -0.249. The van der Waals surface area contributed by atoms with Crippen molar-refractivity contribution in [2.45, 2.75) is 6.42 Å². The van der Waals surface area contributed by atoms with Gasteiger partial charge in [0.15, 0.2) is 0 Å². The zero-order valence-electron chi connectivity index (χ0n) is 8.94. The van der Waals surface area contributed by atoms with E-state index in [2.05, 4.69) is 5.32 Å². The Morgan fingerprint density at radius 2 is 2.31 bits per heavy atom. The molecule has 4 nitrogen and oxygen atoms in total. The first-order valence-electron chi connectivity index (χ1n) is 4.91. The summed E-state index contributed by atoms with van der Waals surface area (Å²) in [6.07, 6.45) is 4.08. The summed E-state index contributed by atoms with van der Waals surface area (Å²) in [4.78, 5) is 9.76. The van der Waals surface area contributed by atoms with Crippen LogP contribution in [0.2, 0.25) is 0 Å². The average Bonchev–Trinajstić information content (AvgIpc) is 2.26. The number of nitrogens with one attached hydrogen (secondary N) is 1. The fraction of sp³-hybridized carbons (Fsp3) is 0.273. The van der Waals surface area contributed by atoms with Crippen LogP contribution in [0.4, 0.5) is 10.1 Å². The van der Waals surface area contributed by atoms with E-state index in [0.29, 0.717) is 0 Å². The van der Waals surface area contributed by atoms with Crippen molar-refractivity contribution >= 4 is 11.8 Å². The molecule has 0 radical (unpaired) electrons. The highest BCUT2D eigenvalue weighted by Gasteiger charge is 2.15. The van der Waals surface area contributed by atoms with Crippen LogP contribution in [0.3, 0.4) is 0 Å². The van der Waals surface area contributed by atoms with Gasteiger partial charge in [-0.05, 0) is 20.0 Å². The number of halogens is 1. The van der Waals surface area contributed by atoms with Gasteiger partial charge in [-0.2, -0.15) is 4.39 Å². The standard InChI is InChI=1S/C11H13FN2O2/c1-13-8-3-2-5-9-6-4-7-10(11(9)12)14(15)16/h2,4-7,13H,3,8H2,1H3. The molecule has 0 spiro atoms. The highest BCUT2D eigenvalue weighted by molar-refractivity contribution is 5.54. The van der Waals surface area contributed by atoms with Crippen molar-refractivity contribution in [1.82, 2.24) is 5.32 Å². The van der Waals surface area contributed by atoms with Crippen LogP contribution in [0.25, 0.3) is 6.08 Å². The number of nitrogens with zero attached hydrogens (tertiary/aromatic N) is 1. The van der Waals surface area contributed by atoms with Gasteiger partial charge >= 0.3 is 5.69 Å². The molecular weight excluding hydrogens is 211 g/mol. The van der Waals surface area contributed by atoms with Crippen molar-refractivity contribution in [3.05, 3.63) is 45.8 Å².